The van der Waals surface area contributed by atoms with Crippen LogP contribution in [0.5, 0.6) is 0 Å². The van der Waals surface area contributed by atoms with Crippen LogP contribution in [0, 0.1) is 12.7 Å². The zero-order valence-corrected chi connectivity index (χ0v) is 23.4. The highest BCUT2D eigenvalue weighted by Crippen LogP contribution is 2.32. The summed E-state index contributed by atoms with van der Waals surface area (Å²) in [6.07, 6.45) is 3.26. The van der Waals surface area contributed by atoms with Crippen molar-refractivity contribution in [1.82, 2.24) is 29.2 Å². The SMILES string of the molecule is Cc1nnc2n1-c1ccccc1N(CCCN1CCC(Nc3nc4ccccc4n3Cc3ccc(F)cc3)CC1)C2. The number of likely N-dealkylation sites (tertiary alicyclic amines) is 1. The Hall–Kier alpha value is -4.24. The number of fused-ring (bicyclic) bond motifs is 4. The van der Waals surface area contributed by atoms with Crippen LogP contribution in [0.1, 0.15) is 36.5 Å². The summed E-state index contributed by atoms with van der Waals surface area (Å²) in [5.74, 6) is 2.63. The fraction of sp³-hybridized carbons (Fsp3) is 0.344. The first-order valence-electron chi connectivity index (χ1n) is 14.6. The molecule has 0 saturated carbocycles. The molecular weight excluding hydrogens is 515 g/mol. The van der Waals surface area contributed by atoms with Crippen molar-refractivity contribution in [3.8, 4) is 5.69 Å². The third-order valence-electron chi connectivity index (χ3n) is 8.42. The number of anilines is 2. The van der Waals surface area contributed by atoms with Crippen LogP contribution in [-0.4, -0.2) is 61.4 Å². The van der Waals surface area contributed by atoms with Crippen molar-refractivity contribution in [3.63, 3.8) is 0 Å². The number of hydrogen-bond acceptors (Lipinski definition) is 6. The second kappa shape index (κ2) is 11.0. The molecule has 2 aromatic heterocycles. The van der Waals surface area contributed by atoms with Gasteiger partial charge in [0.05, 0.1) is 35.5 Å². The summed E-state index contributed by atoms with van der Waals surface area (Å²) in [7, 11) is 0. The van der Waals surface area contributed by atoms with E-state index in [1.165, 1.54) is 23.5 Å². The Kier molecular flexibility index (Phi) is 6.88. The van der Waals surface area contributed by atoms with Crippen molar-refractivity contribution < 1.29 is 4.39 Å². The smallest absolute Gasteiger partial charge is 0.204 e. The minimum Gasteiger partial charge on any atom is -0.362 e. The van der Waals surface area contributed by atoms with E-state index in [9.17, 15) is 4.39 Å². The second-order valence-electron chi connectivity index (χ2n) is 11.2. The lowest BCUT2D eigenvalue weighted by Crippen LogP contribution is -2.41. The summed E-state index contributed by atoms with van der Waals surface area (Å²) in [6.45, 7) is 7.68. The van der Waals surface area contributed by atoms with E-state index >= 15 is 0 Å². The zero-order chi connectivity index (χ0) is 27.8. The Labute approximate surface area is 239 Å². The Morgan fingerprint density at radius 2 is 1.63 bits per heavy atom. The number of hydrogen-bond donors (Lipinski definition) is 1. The van der Waals surface area contributed by atoms with E-state index in [4.69, 9.17) is 4.98 Å². The van der Waals surface area contributed by atoms with Crippen LogP contribution < -0.4 is 10.2 Å². The highest BCUT2D eigenvalue weighted by atomic mass is 19.1. The summed E-state index contributed by atoms with van der Waals surface area (Å²) >= 11 is 0. The number of rotatable bonds is 8. The van der Waals surface area contributed by atoms with E-state index in [2.05, 4.69) is 70.8 Å². The van der Waals surface area contributed by atoms with Gasteiger partial charge in [0.15, 0.2) is 5.82 Å². The normalized spacial score (nSPS) is 15.7. The minimum atomic E-state index is -0.213. The van der Waals surface area contributed by atoms with E-state index in [1.54, 1.807) is 0 Å². The molecule has 3 aromatic carbocycles. The molecule has 0 atom stereocenters. The van der Waals surface area contributed by atoms with Gasteiger partial charge in [0, 0.05) is 25.7 Å². The number of para-hydroxylation sites is 4. The number of aryl methyl sites for hydroxylation is 1. The van der Waals surface area contributed by atoms with Gasteiger partial charge < -0.3 is 19.7 Å². The largest absolute Gasteiger partial charge is 0.362 e. The van der Waals surface area contributed by atoms with Gasteiger partial charge in [-0.25, -0.2) is 9.37 Å². The van der Waals surface area contributed by atoms with Gasteiger partial charge in [-0.05, 0) is 74.7 Å². The Morgan fingerprint density at radius 3 is 2.46 bits per heavy atom. The predicted octanol–water partition coefficient (Wildman–Crippen LogP) is 5.40. The summed E-state index contributed by atoms with van der Waals surface area (Å²) < 4.78 is 17.9. The first-order valence-corrected chi connectivity index (χ1v) is 14.6. The quantitative estimate of drug-likeness (QED) is 0.279. The first-order chi connectivity index (χ1) is 20.1. The first kappa shape index (κ1) is 25.7. The molecule has 0 radical (unpaired) electrons. The monoisotopic (exact) mass is 550 g/mol. The van der Waals surface area contributed by atoms with Crippen LogP contribution in [0.4, 0.5) is 16.0 Å². The molecule has 8 nitrogen and oxygen atoms in total. The Bertz CT molecular complexity index is 1650. The van der Waals surface area contributed by atoms with Crippen LogP contribution in [0.2, 0.25) is 0 Å². The highest BCUT2D eigenvalue weighted by Gasteiger charge is 2.25. The minimum absolute atomic E-state index is 0.213. The fourth-order valence-electron chi connectivity index (χ4n) is 6.28. The molecule has 4 heterocycles. The van der Waals surface area contributed by atoms with E-state index in [-0.39, 0.29) is 5.82 Å². The Balaban J connectivity index is 0.955. The average Bonchev–Trinajstić information content (AvgIpc) is 3.54. The van der Waals surface area contributed by atoms with Gasteiger partial charge in [-0.1, -0.05) is 36.4 Å². The van der Waals surface area contributed by atoms with Crippen molar-refractivity contribution in [1.29, 1.82) is 0 Å². The van der Waals surface area contributed by atoms with E-state index in [0.717, 1.165) is 86.2 Å². The van der Waals surface area contributed by atoms with Crippen LogP contribution in [0.3, 0.4) is 0 Å². The van der Waals surface area contributed by atoms with Gasteiger partial charge in [-0.15, -0.1) is 10.2 Å². The molecule has 1 saturated heterocycles. The third kappa shape index (κ3) is 5.17. The van der Waals surface area contributed by atoms with Gasteiger partial charge in [0.1, 0.15) is 11.6 Å². The van der Waals surface area contributed by atoms with Crippen LogP contribution in [-0.2, 0) is 13.1 Å². The van der Waals surface area contributed by atoms with Crippen molar-refractivity contribution >= 4 is 22.7 Å². The van der Waals surface area contributed by atoms with Crippen molar-refractivity contribution in [2.24, 2.45) is 0 Å². The van der Waals surface area contributed by atoms with Crippen molar-refractivity contribution in [2.45, 2.75) is 45.3 Å². The number of imidazole rings is 1. The average molecular weight is 551 g/mol. The molecule has 0 spiro atoms. The number of benzene rings is 3. The fourth-order valence-corrected chi connectivity index (χ4v) is 6.28. The molecule has 5 aromatic rings. The van der Waals surface area contributed by atoms with Gasteiger partial charge >= 0.3 is 0 Å². The molecule has 0 bridgehead atoms. The highest BCUT2D eigenvalue weighted by molar-refractivity contribution is 5.78. The molecule has 9 heteroatoms. The topological polar surface area (TPSA) is 67.0 Å². The lowest BCUT2D eigenvalue weighted by atomic mass is 10.0. The molecule has 1 fully saturated rings. The van der Waals surface area contributed by atoms with Gasteiger partial charge in [0.25, 0.3) is 0 Å². The maximum absolute atomic E-state index is 13.5. The summed E-state index contributed by atoms with van der Waals surface area (Å²) in [4.78, 5) is 9.95. The lowest BCUT2D eigenvalue weighted by Gasteiger charge is -2.34. The second-order valence-corrected chi connectivity index (χ2v) is 11.2. The van der Waals surface area contributed by atoms with Gasteiger partial charge in [-0.2, -0.15) is 0 Å². The summed E-state index contributed by atoms with van der Waals surface area (Å²) in [5.41, 5.74) is 5.55. The molecule has 7 rings (SSSR count). The van der Waals surface area contributed by atoms with Crippen molar-refractivity contribution in [2.75, 3.05) is 36.4 Å². The predicted molar refractivity (Wildman–Crippen MR) is 160 cm³/mol. The van der Waals surface area contributed by atoms with Crippen LogP contribution in [0.15, 0.2) is 72.8 Å². The molecule has 2 aliphatic rings. The Morgan fingerprint density at radius 1 is 0.878 bits per heavy atom. The molecular formula is C32H35FN8. The maximum Gasteiger partial charge on any atom is 0.204 e. The standard InChI is InChI=1S/C32H35FN8/c1-23-36-37-31-22-39(29-9-4-5-10-30(29)41(23)31)18-6-17-38-19-15-26(16-20-38)34-32-35-27-7-2-3-8-28(27)40(32)21-24-11-13-25(33)14-12-24/h2-5,7-14,26H,6,15-22H2,1H3,(H,34,35). The van der Waals surface area contributed by atoms with Gasteiger partial charge in [0.2, 0.25) is 5.95 Å². The molecule has 0 aliphatic carbocycles. The van der Waals surface area contributed by atoms with E-state index < -0.39 is 0 Å². The number of aromatic nitrogens is 5. The number of nitrogens with zero attached hydrogens (tertiary/aromatic N) is 7. The van der Waals surface area contributed by atoms with Crippen LogP contribution >= 0.6 is 0 Å². The maximum atomic E-state index is 13.5. The molecule has 0 amide bonds. The number of piperidine rings is 1. The molecule has 41 heavy (non-hydrogen) atoms. The summed E-state index contributed by atoms with van der Waals surface area (Å²) in [5, 5.41) is 12.5. The van der Waals surface area contributed by atoms with Gasteiger partial charge in [-0.3, -0.25) is 4.57 Å². The molecule has 210 valence electrons. The van der Waals surface area contributed by atoms with E-state index in [0.29, 0.717) is 12.6 Å². The zero-order valence-electron chi connectivity index (χ0n) is 23.4. The molecule has 0 unspecified atom stereocenters. The number of halogens is 1. The molecule has 1 N–H and O–H groups in total. The van der Waals surface area contributed by atoms with Crippen molar-refractivity contribution in [3.05, 3.63) is 95.8 Å². The summed E-state index contributed by atoms with van der Waals surface area (Å²) in [6, 6.07) is 23.9. The van der Waals surface area contributed by atoms with Crippen LogP contribution in [0.25, 0.3) is 16.7 Å². The molecule has 2 aliphatic heterocycles. The van der Waals surface area contributed by atoms with E-state index in [1.807, 2.05) is 31.2 Å². The third-order valence-corrected chi connectivity index (χ3v) is 8.42. The number of nitrogens with one attached hydrogen (secondary N) is 1. The lowest BCUT2D eigenvalue weighted by molar-refractivity contribution is 0.217.